The van der Waals surface area contributed by atoms with E-state index in [4.69, 9.17) is 0 Å². The van der Waals surface area contributed by atoms with Gasteiger partial charge in [0.1, 0.15) is 6.54 Å². The van der Waals surface area contributed by atoms with E-state index in [0.29, 0.717) is 81.3 Å². The Morgan fingerprint density at radius 3 is 1.87 bits per heavy atom. The van der Waals surface area contributed by atoms with Gasteiger partial charge in [-0.3, -0.25) is 23.0 Å². The molecule has 5 N–H and O–H groups in total. The number of carboxylic acid groups (broad SMARTS) is 1. The third kappa shape index (κ3) is 15.5. The van der Waals surface area contributed by atoms with Crippen molar-refractivity contribution < 1.29 is 66.4 Å². The molecule has 0 radical (unpaired) electrons. The minimum Gasteiger partial charge on any atom is -0.481 e. The molecule has 1 aliphatic carbocycles. The molecule has 0 amide bonds. The second-order valence-corrected chi connectivity index (χ2v) is 24.0. The van der Waals surface area contributed by atoms with Gasteiger partial charge in [0.25, 0.3) is 40.5 Å². The fourth-order valence-electron chi connectivity index (χ4n) is 9.34. The van der Waals surface area contributed by atoms with E-state index in [2.05, 4.69) is 4.58 Å². The topological polar surface area (TPSA) is 261 Å². The first kappa shape index (κ1) is 55.9. The molecule has 2 unspecified atom stereocenters. The Morgan fingerprint density at radius 2 is 1.23 bits per heavy atom. The number of anilines is 1. The van der Waals surface area contributed by atoms with E-state index in [9.17, 15) is 61.8 Å². The molecule has 0 fully saturated rings. The number of hydrogen-bond donors (Lipinski definition) is 5. The monoisotopic (exact) mass is 1040 g/mol. The molecule has 5 rings (SSSR count). The summed E-state index contributed by atoms with van der Waals surface area (Å²) >= 11 is 0. The summed E-state index contributed by atoms with van der Waals surface area (Å²) in [5.74, 6) is -1.80. The van der Waals surface area contributed by atoms with Crippen LogP contribution in [0.5, 0.6) is 0 Å². The van der Waals surface area contributed by atoms with Crippen LogP contribution in [0.2, 0.25) is 0 Å². The third-order valence-corrected chi connectivity index (χ3v) is 16.1. The molecule has 2 atom stereocenters. The molecule has 2 aromatic rings. The normalized spacial score (nSPS) is 22.4. The van der Waals surface area contributed by atoms with Crippen molar-refractivity contribution in [3.05, 3.63) is 144 Å². The minimum absolute atomic E-state index is 0.00785. The van der Waals surface area contributed by atoms with Gasteiger partial charge in [0.2, 0.25) is 5.69 Å². The number of rotatable bonds is 26. The molecule has 380 valence electrons. The molecule has 0 bridgehead atoms. The summed E-state index contributed by atoms with van der Waals surface area (Å²) in [7, 11) is -17.6. The number of nitrogens with zero attached hydrogens (tertiary/aromatic N) is 2. The summed E-state index contributed by atoms with van der Waals surface area (Å²) < 4.78 is 137. The molecule has 70 heavy (non-hydrogen) atoms. The number of benzene rings is 2. The van der Waals surface area contributed by atoms with Crippen LogP contribution >= 0.6 is 0 Å². The van der Waals surface area contributed by atoms with E-state index >= 15 is 0 Å². The van der Waals surface area contributed by atoms with Gasteiger partial charge in [-0.05, 0) is 106 Å². The summed E-state index contributed by atoms with van der Waals surface area (Å²) in [5, 5.41) is 9.17. The summed E-state index contributed by atoms with van der Waals surface area (Å²) in [4.78, 5) is 12.6. The van der Waals surface area contributed by atoms with Gasteiger partial charge < -0.3 is 10.0 Å². The maximum atomic E-state index is 12.4. The Kier molecular flexibility index (Phi) is 19.1. The highest BCUT2D eigenvalue weighted by atomic mass is 32.2. The second-order valence-electron chi connectivity index (χ2n) is 18.0. The Labute approximate surface area is 412 Å². The van der Waals surface area contributed by atoms with E-state index in [1.807, 2.05) is 79.5 Å². The van der Waals surface area contributed by atoms with Crippen LogP contribution < -0.4 is 4.90 Å². The molecule has 0 saturated carbocycles. The lowest BCUT2D eigenvalue weighted by molar-refractivity contribution is -0.438. The Bertz CT molecular complexity index is 3020. The molecule has 16 nitrogen and oxygen atoms in total. The maximum Gasteiger partial charge on any atom is 0.303 e. The molecule has 2 aliphatic heterocycles. The van der Waals surface area contributed by atoms with E-state index in [1.54, 1.807) is 36.4 Å². The van der Waals surface area contributed by atoms with Crippen molar-refractivity contribution in [1.82, 2.24) is 0 Å². The fraction of sp³-hybridized carbons (Fsp3) is 0.400. The molecular formula is C50H63N2O14S4+. The first-order valence-corrected chi connectivity index (χ1v) is 29.1. The lowest BCUT2D eigenvalue weighted by atomic mass is 9.75. The van der Waals surface area contributed by atoms with Gasteiger partial charge in [-0.15, -0.1) is 0 Å². The smallest absolute Gasteiger partial charge is 0.303 e. The van der Waals surface area contributed by atoms with Crippen LogP contribution in [0.1, 0.15) is 102 Å². The Morgan fingerprint density at radius 1 is 0.643 bits per heavy atom. The molecule has 0 saturated heterocycles. The fourth-order valence-corrected chi connectivity index (χ4v) is 11.5. The highest BCUT2D eigenvalue weighted by molar-refractivity contribution is 7.86. The molecule has 2 aromatic carbocycles. The quantitative estimate of drug-likeness (QED) is 0.0255. The standard InChI is InChI=1S/C50H62N2O14S4/c1-49(31-15-18-35-67(55,56)57)42-37-40(69(61,62)63)27-29-44(42)51(33-17-9-14-26-48(53)54)46(49)24-12-7-4-8-13-25-47-50(2,32-16-19-36-68(58,59)60)43-38-41(70(64,65)66)28-30-45(43)52(47)34-20-23-39-21-10-5-3-6-11-22-39/h3-8,10-13,21-22,24-25,27-30,37-38H,9,14-20,23,26,31-36H2,1-2H3,(H4-,53,54,55,56,57,58,59,60,61,62,63,64,65,66)/p+1/b5-3-,6-3?,10-5?,11-6-,21-10-,22-11?,39-21?,39-22+. The third-order valence-electron chi connectivity index (χ3n) is 12.8. The van der Waals surface area contributed by atoms with Crippen LogP contribution in [0.4, 0.5) is 11.4 Å². The number of allylic oxidation sites excluding steroid dienone is 16. The lowest BCUT2D eigenvalue weighted by Gasteiger charge is -2.30. The number of unbranched alkanes of at least 4 members (excludes halogenated alkanes) is 4. The number of carbonyl (C=O) groups is 1. The molecule has 2 heterocycles. The van der Waals surface area contributed by atoms with Crippen LogP contribution in [0, 0.1) is 0 Å². The molecule has 0 spiro atoms. The van der Waals surface area contributed by atoms with Crippen molar-refractivity contribution in [2.75, 3.05) is 29.5 Å². The van der Waals surface area contributed by atoms with Gasteiger partial charge in [-0.1, -0.05) is 92.2 Å². The van der Waals surface area contributed by atoms with Gasteiger partial charge in [0, 0.05) is 53.9 Å². The van der Waals surface area contributed by atoms with Crippen LogP contribution in [0.15, 0.2) is 143 Å². The van der Waals surface area contributed by atoms with Crippen LogP contribution in [0.3, 0.4) is 0 Å². The number of hydrogen-bond acceptors (Lipinski definition) is 10. The highest BCUT2D eigenvalue weighted by Crippen LogP contribution is 2.51. The minimum atomic E-state index is -4.59. The van der Waals surface area contributed by atoms with Gasteiger partial charge in [0.05, 0.1) is 26.7 Å². The van der Waals surface area contributed by atoms with E-state index in [-0.39, 0.29) is 29.1 Å². The van der Waals surface area contributed by atoms with Crippen molar-refractivity contribution in [2.45, 2.75) is 112 Å². The summed E-state index contributed by atoms with van der Waals surface area (Å²) in [5.41, 5.74) is 3.56. The zero-order valence-corrected chi connectivity index (χ0v) is 42.6. The van der Waals surface area contributed by atoms with Crippen molar-refractivity contribution >= 4 is 63.5 Å². The molecule has 20 heteroatoms. The van der Waals surface area contributed by atoms with Crippen molar-refractivity contribution in [2.24, 2.45) is 0 Å². The van der Waals surface area contributed by atoms with Gasteiger partial charge in [-0.2, -0.15) is 38.2 Å². The highest BCUT2D eigenvalue weighted by Gasteiger charge is 2.48. The molecule has 0 aromatic heterocycles. The number of aliphatic carboxylic acids is 1. The largest absolute Gasteiger partial charge is 0.481 e. The maximum absolute atomic E-state index is 12.4. The van der Waals surface area contributed by atoms with Crippen LogP contribution in [-0.2, 0) is 56.1 Å². The zero-order valence-electron chi connectivity index (χ0n) is 39.3. The Hall–Kier alpha value is -5.06. The summed E-state index contributed by atoms with van der Waals surface area (Å²) in [6.07, 6.45) is 31.4. The predicted molar refractivity (Wildman–Crippen MR) is 271 cm³/mol. The molecule has 3 aliphatic rings. The first-order chi connectivity index (χ1) is 32.8. The van der Waals surface area contributed by atoms with Crippen LogP contribution in [-0.4, -0.2) is 97.8 Å². The lowest BCUT2D eigenvalue weighted by Crippen LogP contribution is -2.31. The van der Waals surface area contributed by atoms with Gasteiger partial charge in [0.15, 0.2) is 5.71 Å². The van der Waals surface area contributed by atoms with E-state index in [0.717, 1.165) is 29.1 Å². The average Bonchev–Trinajstić information content (AvgIpc) is 3.62. The van der Waals surface area contributed by atoms with E-state index < -0.39 is 68.8 Å². The average molecular weight is 1040 g/mol. The van der Waals surface area contributed by atoms with Crippen molar-refractivity contribution in [1.29, 1.82) is 0 Å². The first-order valence-electron chi connectivity index (χ1n) is 23.0. The van der Waals surface area contributed by atoms with E-state index in [1.165, 1.54) is 24.3 Å². The predicted octanol–water partition coefficient (Wildman–Crippen LogP) is 9.02. The van der Waals surface area contributed by atoms with Gasteiger partial charge in [-0.25, -0.2) is 0 Å². The van der Waals surface area contributed by atoms with Crippen LogP contribution in [0.25, 0.3) is 0 Å². The number of fused-ring (bicyclic) bond motifs is 2. The zero-order chi connectivity index (χ0) is 51.4. The SMILES string of the molecule is CC1(CCCCS(=O)(=O)O)C(/C=C/C=C/C=C/C=C2/N(CCCCCC(=O)O)c3ccc(S(=O)(=O)O)cc3C2(C)CCCCS(=O)(=O)O)=[N+](CCCC2=C/C=C\C=C/C=C\2)c2ccc(S(=O)(=O)O)cc21. The van der Waals surface area contributed by atoms with Crippen molar-refractivity contribution in [3.63, 3.8) is 0 Å². The molecular weight excluding hydrogens is 981 g/mol. The summed E-state index contributed by atoms with van der Waals surface area (Å²) in [6, 6.07) is 8.80. The Balaban J connectivity index is 1.51. The number of carboxylic acids is 1. The second kappa shape index (κ2) is 23.9. The van der Waals surface area contributed by atoms with Gasteiger partial charge >= 0.3 is 5.97 Å². The van der Waals surface area contributed by atoms with Crippen molar-refractivity contribution in [3.8, 4) is 0 Å². The summed E-state index contributed by atoms with van der Waals surface area (Å²) in [6.45, 7) is 4.81.